The highest BCUT2D eigenvalue weighted by Gasteiger charge is 2.37. The Kier molecular flexibility index (Phi) is 7.33. The van der Waals surface area contributed by atoms with Gasteiger partial charge in [0, 0.05) is 43.2 Å². The number of benzene rings is 1. The third kappa shape index (κ3) is 5.31. The minimum atomic E-state index is -0.522. The van der Waals surface area contributed by atoms with Crippen LogP contribution in [0.3, 0.4) is 0 Å². The first-order chi connectivity index (χ1) is 16.3. The number of anilines is 2. The maximum absolute atomic E-state index is 14.2. The molecule has 0 unspecified atom stereocenters. The third-order valence-corrected chi connectivity index (χ3v) is 6.81. The van der Waals surface area contributed by atoms with Crippen molar-refractivity contribution in [2.24, 2.45) is 5.41 Å². The molecule has 0 spiro atoms. The average Bonchev–Trinajstić information content (AvgIpc) is 2.83. The zero-order valence-corrected chi connectivity index (χ0v) is 20.1. The van der Waals surface area contributed by atoms with Gasteiger partial charge in [-0.25, -0.2) is 14.2 Å². The number of rotatable bonds is 6. The molecule has 0 saturated carbocycles. The summed E-state index contributed by atoms with van der Waals surface area (Å²) >= 11 is 12.3. The van der Waals surface area contributed by atoms with Gasteiger partial charge in [-0.15, -0.1) is 0 Å². The summed E-state index contributed by atoms with van der Waals surface area (Å²) in [6.45, 7) is 1.91. The Labute approximate surface area is 206 Å². The molecule has 3 heterocycles. The highest BCUT2D eigenvalue weighted by atomic mass is 35.5. The second-order valence-electron chi connectivity index (χ2n) is 8.53. The number of piperidine rings is 1. The van der Waals surface area contributed by atoms with Crippen molar-refractivity contribution in [1.82, 2.24) is 10.3 Å². The van der Waals surface area contributed by atoms with Crippen LogP contribution in [0.5, 0.6) is 5.75 Å². The fourth-order valence-corrected chi connectivity index (χ4v) is 4.83. The molecule has 2 aliphatic rings. The van der Waals surface area contributed by atoms with Gasteiger partial charge in [0.2, 0.25) is 5.91 Å². The summed E-state index contributed by atoms with van der Waals surface area (Å²) in [6, 6.07) is 4.53. The minimum Gasteiger partial charge on any atom is -0.493 e. The molecule has 1 saturated heterocycles. The molecule has 182 valence electrons. The van der Waals surface area contributed by atoms with E-state index >= 15 is 0 Å². The summed E-state index contributed by atoms with van der Waals surface area (Å²) in [4.78, 5) is 29.9. The second kappa shape index (κ2) is 10.2. The molecule has 2 aromatic rings. The number of pyridine rings is 1. The van der Waals surface area contributed by atoms with Gasteiger partial charge in [0.25, 0.3) is 0 Å². The SMILES string of the molecule is COC(=O)NCC1(COc2ccc(F)c3c2CCC(=O)N3)CCN(c2ncc(Cl)cc2Cl)CC1. The molecule has 2 N–H and O–H groups in total. The molecular formula is C23H25Cl2FN4O4. The van der Waals surface area contributed by atoms with Crippen molar-refractivity contribution < 1.29 is 23.5 Å². The van der Waals surface area contributed by atoms with Crippen LogP contribution in [0.25, 0.3) is 0 Å². The smallest absolute Gasteiger partial charge is 0.406 e. The van der Waals surface area contributed by atoms with E-state index in [9.17, 15) is 14.0 Å². The van der Waals surface area contributed by atoms with Gasteiger partial charge >= 0.3 is 6.09 Å². The first kappa shape index (κ1) is 24.3. The van der Waals surface area contributed by atoms with Crippen molar-refractivity contribution in [1.29, 1.82) is 0 Å². The number of fused-ring (bicyclic) bond motifs is 1. The summed E-state index contributed by atoms with van der Waals surface area (Å²) in [6.07, 6.45) is 3.06. The molecule has 4 rings (SSSR count). The Morgan fingerprint density at radius 3 is 2.76 bits per heavy atom. The predicted molar refractivity (Wildman–Crippen MR) is 127 cm³/mol. The Hall–Kier alpha value is -2.78. The van der Waals surface area contributed by atoms with E-state index in [1.807, 2.05) is 0 Å². The van der Waals surface area contributed by atoms with E-state index in [1.54, 1.807) is 18.3 Å². The van der Waals surface area contributed by atoms with Gasteiger partial charge < -0.3 is 25.0 Å². The topological polar surface area (TPSA) is 92.8 Å². The maximum atomic E-state index is 14.2. The number of methoxy groups -OCH3 is 1. The van der Waals surface area contributed by atoms with E-state index in [2.05, 4.69) is 20.5 Å². The molecule has 1 aromatic heterocycles. The number of alkyl carbamates (subject to hydrolysis) is 1. The van der Waals surface area contributed by atoms with Gasteiger partial charge in [-0.1, -0.05) is 23.2 Å². The number of ether oxygens (including phenoxy) is 2. The van der Waals surface area contributed by atoms with Crippen LogP contribution < -0.4 is 20.3 Å². The quantitative estimate of drug-likeness (QED) is 0.596. The number of carbonyl (C=O) groups excluding carboxylic acids is 2. The molecule has 8 nitrogen and oxygen atoms in total. The highest BCUT2D eigenvalue weighted by Crippen LogP contribution is 2.38. The molecule has 2 aliphatic heterocycles. The lowest BCUT2D eigenvalue weighted by Gasteiger charge is -2.42. The first-order valence-electron chi connectivity index (χ1n) is 10.9. The molecule has 0 atom stereocenters. The van der Waals surface area contributed by atoms with Crippen LogP contribution in [-0.2, 0) is 16.0 Å². The van der Waals surface area contributed by atoms with Crippen molar-refractivity contribution in [2.45, 2.75) is 25.7 Å². The Morgan fingerprint density at radius 1 is 1.29 bits per heavy atom. The van der Waals surface area contributed by atoms with E-state index in [1.165, 1.54) is 13.2 Å². The monoisotopic (exact) mass is 510 g/mol. The average molecular weight is 511 g/mol. The maximum Gasteiger partial charge on any atom is 0.406 e. The standard InChI is InChI=1S/C23H25Cl2FN4O4/c1-33-22(32)28-12-23(6-8-30(9-7-23)21-16(25)10-14(24)11-27-21)13-34-18-4-3-17(26)20-15(18)2-5-19(31)29-20/h3-4,10-11H,2,5-9,12-13H2,1H3,(H,28,32)(H,29,31). The van der Waals surface area contributed by atoms with Gasteiger partial charge in [-0.3, -0.25) is 4.79 Å². The number of halogens is 3. The molecule has 0 radical (unpaired) electrons. The van der Waals surface area contributed by atoms with E-state index in [0.717, 1.165) is 0 Å². The molecule has 2 amide bonds. The Balaban J connectivity index is 1.50. The number of nitrogens with one attached hydrogen (secondary N) is 2. The van der Waals surface area contributed by atoms with E-state index in [-0.39, 0.29) is 18.0 Å². The van der Waals surface area contributed by atoms with Crippen LogP contribution in [0.15, 0.2) is 24.4 Å². The van der Waals surface area contributed by atoms with Gasteiger partial charge in [-0.2, -0.15) is 0 Å². The van der Waals surface area contributed by atoms with Crippen LogP contribution in [0.2, 0.25) is 10.0 Å². The van der Waals surface area contributed by atoms with Crippen LogP contribution in [-0.4, -0.2) is 50.3 Å². The molecule has 1 fully saturated rings. The number of carbonyl (C=O) groups is 2. The lowest BCUT2D eigenvalue weighted by atomic mass is 9.79. The summed E-state index contributed by atoms with van der Waals surface area (Å²) in [5, 5.41) is 6.33. The van der Waals surface area contributed by atoms with Gasteiger partial charge in [0.1, 0.15) is 17.4 Å². The van der Waals surface area contributed by atoms with E-state index < -0.39 is 17.3 Å². The number of nitrogens with zero attached hydrogens (tertiary/aromatic N) is 2. The van der Waals surface area contributed by atoms with Crippen LogP contribution in [0.1, 0.15) is 24.8 Å². The lowest BCUT2D eigenvalue weighted by Crippen LogP contribution is -2.49. The lowest BCUT2D eigenvalue weighted by molar-refractivity contribution is -0.116. The van der Waals surface area contributed by atoms with Gasteiger partial charge in [0.05, 0.1) is 29.4 Å². The number of hydrogen-bond acceptors (Lipinski definition) is 6. The summed E-state index contributed by atoms with van der Waals surface area (Å²) in [5.74, 6) is 0.478. The van der Waals surface area contributed by atoms with Crippen molar-refractivity contribution in [3.63, 3.8) is 0 Å². The number of hydrogen-bond donors (Lipinski definition) is 2. The zero-order chi connectivity index (χ0) is 24.3. The molecule has 11 heteroatoms. The van der Waals surface area contributed by atoms with Crippen LogP contribution >= 0.6 is 23.2 Å². The van der Waals surface area contributed by atoms with Gasteiger partial charge in [-0.05, 0) is 37.5 Å². The normalized spacial score (nSPS) is 16.9. The van der Waals surface area contributed by atoms with Crippen molar-refractivity contribution in [2.75, 3.05) is 43.6 Å². The fraction of sp³-hybridized carbons (Fsp3) is 0.435. The van der Waals surface area contributed by atoms with Crippen molar-refractivity contribution >= 4 is 46.7 Å². The second-order valence-corrected chi connectivity index (χ2v) is 9.37. The first-order valence-corrected chi connectivity index (χ1v) is 11.7. The highest BCUT2D eigenvalue weighted by molar-refractivity contribution is 6.36. The zero-order valence-electron chi connectivity index (χ0n) is 18.6. The third-order valence-electron chi connectivity index (χ3n) is 6.32. The number of aromatic nitrogens is 1. The van der Waals surface area contributed by atoms with Crippen LogP contribution in [0, 0.1) is 11.2 Å². The van der Waals surface area contributed by atoms with Crippen LogP contribution in [0.4, 0.5) is 20.7 Å². The van der Waals surface area contributed by atoms with Crippen molar-refractivity contribution in [3.8, 4) is 5.75 Å². The Bertz CT molecular complexity index is 1090. The van der Waals surface area contributed by atoms with Crippen molar-refractivity contribution in [3.05, 3.63) is 45.8 Å². The Morgan fingerprint density at radius 2 is 2.06 bits per heavy atom. The molecule has 0 bridgehead atoms. The summed E-state index contributed by atoms with van der Waals surface area (Å²) in [7, 11) is 1.31. The summed E-state index contributed by atoms with van der Waals surface area (Å²) in [5.41, 5.74) is 0.419. The largest absolute Gasteiger partial charge is 0.493 e. The molecular weight excluding hydrogens is 486 g/mol. The predicted octanol–water partition coefficient (Wildman–Crippen LogP) is 4.43. The molecule has 34 heavy (non-hydrogen) atoms. The molecule has 0 aliphatic carbocycles. The molecule has 1 aromatic carbocycles. The van der Waals surface area contributed by atoms with E-state index in [0.29, 0.717) is 72.7 Å². The fourth-order valence-electron chi connectivity index (χ4n) is 4.33. The van der Waals surface area contributed by atoms with E-state index in [4.69, 9.17) is 32.7 Å². The van der Waals surface area contributed by atoms with Gasteiger partial charge in [0.15, 0.2) is 0 Å². The minimum absolute atomic E-state index is 0.175. The number of amides is 2. The summed E-state index contributed by atoms with van der Waals surface area (Å²) < 4.78 is 25.2.